The number of aliphatic carboxylic acids is 1. The van der Waals surface area contributed by atoms with E-state index < -0.39 is 67.3 Å². The van der Waals surface area contributed by atoms with Crippen LogP contribution in [0.15, 0.2) is 48.6 Å². The Kier molecular flexibility index (Phi) is 47.8. The van der Waals surface area contributed by atoms with Crippen LogP contribution in [-0.2, 0) is 42.9 Å². The number of esters is 3. The number of unbranched alkanes of at least 4 members (excludes halogenated alkanes) is 30. The molecule has 1 saturated heterocycles. The number of rotatable bonds is 52. The van der Waals surface area contributed by atoms with Crippen molar-refractivity contribution in [1.82, 2.24) is 0 Å². The van der Waals surface area contributed by atoms with Gasteiger partial charge in [-0.05, 0) is 77.0 Å². The molecule has 6 atom stereocenters. The highest BCUT2D eigenvalue weighted by molar-refractivity contribution is 5.74. The van der Waals surface area contributed by atoms with Crippen molar-refractivity contribution in [3.63, 3.8) is 0 Å². The molecule has 3 N–H and O–H groups in total. The van der Waals surface area contributed by atoms with Crippen molar-refractivity contribution < 1.29 is 58.2 Å². The third-order valence-corrected chi connectivity index (χ3v) is 13.9. The number of carbonyl (C=O) groups is 4. The van der Waals surface area contributed by atoms with Gasteiger partial charge < -0.3 is 39.0 Å². The summed E-state index contributed by atoms with van der Waals surface area (Å²) in [6.45, 7) is 5.88. The van der Waals surface area contributed by atoms with E-state index in [0.29, 0.717) is 19.3 Å². The molecule has 12 heteroatoms. The van der Waals surface area contributed by atoms with Crippen LogP contribution in [0.5, 0.6) is 0 Å². The van der Waals surface area contributed by atoms with Gasteiger partial charge in [0.15, 0.2) is 24.6 Å². The van der Waals surface area contributed by atoms with Gasteiger partial charge in [0.25, 0.3) is 0 Å². The lowest BCUT2D eigenvalue weighted by atomic mass is 9.98. The third-order valence-electron chi connectivity index (χ3n) is 13.9. The van der Waals surface area contributed by atoms with Crippen LogP contribution in [0, 0.1) is 0 Å². The third kappa shape index (κ3) is 41.5. The first kappa shape index (κ1) is 69.7. The zero-order chi connectivity index (χ0) is 54.7. The number of hydrogen-bond donors (Lipinski definition) is 3. The molecule has 0 spiro atoms. The first-order valence-electron chi connectivity index (χ1n) is 30.6. The van der Waals surface area contributed by atoms with Crippen LogP contribution in [0.25, 0.3) is 0 Å². The molecule has 434 valence electrons. The number of aliphatic hydroxyl groups excluding tert-OH is 2. The van der Waals surface area contributed by atoms with Crippen molar-refractivity contribution in [1.29, 1.82) is 0 Å². The Balaban J connectivity index is 2.67. The Hall–Kier alpha value is -3.32. The van der Waals surface area contributed by atoms with Gasteiger partial charge in [0.05, 0.1) is 6.61 Å². The summed E-state index contributed by atoms with van der Waals surface area (Å²) in [4.78, 5) is 51.1. The second-order valence-corrected chi connectivity index (χ2v) is 21.0. The molecule has 0 radical (unpaired) electrons. The van der Waals surface area contributed by atoms with Crippen molar-refractivity contribution in [2.75, 3.05) is 13.2 Å². The number of allylic oxidation sites excluding steroid dienone is 8. The average molecular weight is 1060 g/mol. The maximum absolute atomic E-state index is 13.1. The minimum absolute atomic E-state index is 0.0416. The van der Waals surface area contributed by atoms with E-state index in [-0.39, 0.29) is 25.9 Å². The van der Waals surface area contributed by atoms with Gasteiger partial charge in [-0.15, -0.1) is 0 Å². The van der Waals surface area contributed by atoms with Crippen molar-refractivity contribution >= 4 is 23.9 Å². The van der Waals surface area contributed by atoms with Gasteiger partial charge >= 0.3 is 23.9 Å². The van der Waals surface area contributed by atoms with Crippen molar-refractivity contribution in [2.24, 2.45) is 0 Å². The molecule has 0 saturated carbocycles. The topological polar surface area (TPSA) is 175 Å². The molecule has 1 fully saturated rings. The minimum atomic E-state index is -1.91. The Morgan fingerprint density at radius 1 is 0.453 bits per heavy atom. The van der Waals surface area contributed by atoms with E-state index in [1.165, 1.54) is 109 Å². The number of aliphatic hydroxyl groups is 2. The molecule has 6 unspecified atom stereocenters. The van der Waals surface area contributed by atoms with E-state index in [4.69, 9.17) is 23.7 Å². The van der Waals surface area contributed by atoms with E-state index in [1.54, 1.807) is 0 Å². The highest BCUT2D eigenvalue weighted by Gasteiger charge is 2.50. The van der Waals surface area contributed by atoms with Crippen molar-refractivity contribution in [3.8, 4) is 0 Å². The van der Waals surface area contributed by atoms with Gasteiger partial charge in [-0.1, -0.05) is 230 Å². The largest absolute Gasteiger partial charge is 0.479 e. The maximum atomic E-state index is 13.1. The highest BCUT2D eigenvalue weighted by atomic mass is 16.7. The second kappa shape index (κ2) is 51.4. The smallest absolute Gasteiger partial charge is 0.335 e. The Bertz CT molecular complexity index is 1490. The summed E-state index contributed by atoms with van der Waals surface area (Å²) in [6, 6.07) is 0. The molecule has 0 bridgehead atoms. The van der Waals surface area contributed by atoms with Crippen molar-refractivity contribution in [2.45, 2.75) is 314 Å². The van der Waals surface area contributed by atoms with E-state index in [1.807, 2.05) is 0 Å². The van der Waals surface area contributed by atoms with E-state index in [9.17, 15) is 34.5 Å². The highest BCUT2D eigenvalue weighted by Crippen LogP contribution is 2.26. The van der Waals surface area contributed by atoms with Gasteiger partial charge in [0.1, 0.15) is 18.8 Å². The van der Waals surface area contributed by atoms with Crippen LogP contribution in [-0.4, -0.2) is 89.2 Å². The summed E-state index contributed by atoms with van der Waals surface area (Å²) >= 11 is 0. The molecule has 12 nitrogen and oxygen atoms in total. The molecule has 0 aromatic carbocycles. The van der Waals surface area contributed by atoms with E-state index in [0.717, 1.165) is 109 Å². The van der Waals surface area contributed by atoms with Crippen LogP contribution < -0.4 is 0 Å². The van der Waals surface area contributed by atoms with Crippen LogP contribution >= 0.6 is 0 Å². The zero-order valence-electron chi connectivity index (χ0n) is 47.8. The summed E-state index contributed by atoms with van der Waals surface area (Å²) in [5.41, 5.74) is 0. The monoisotopic (exact) mass is 1060 g/mol. The molecular formula is C63H110O12. The molecule has 0 aliphatic carbocycles. The first-order valence-corrected chi connectivity index (χ1v) is 30.6. The number of ether oxygens (including phenoxy) is 5. The van der Waals surface area contributed by atoms with E-state index >= 15 is 0 Å². The van der Waals surface area contributed by atoms with Crippen LogP contribution in [0.4, 0.5) is 0 Å². The summed E-state index contributed by atoms with van der Waals surface area (Å²) in [5.74, 6) is -3.13. The lowest BCUT2D eigenvalue weighted by Crippen LogP contribution is -2.61. The number of carbonyl (C=O) groups excluding carboxylic acids is 3. The zero-order valence-corrected chi connectivity index (χ0v) is 47.8. The summed E-state index contributed by atoms with van der Waals surface area (Å²) < 4.78 is 28.4. The number of carboxylic acid groups (broad SMARTS) is 1. The predicted octanol–water partition coefficient (Wildman–Crippen LogP) is 15.8. The molecule has 0 amide bonds. The van der Waals surface area contributed by atoms with Crippen LogP contribution in [0.3, 0.4) is 0 Å². The number of carboxylic acids is 1. The normalized spacial score (nSPS) is 18.4. The summed E-state index contributed by atoms with van der Waals surface area (Å²) in [7, 11) is 0. The molecule has 75 heavy (non-hydrogen) atoms. The van der Waals surface area contributed by atoms with Crippen LogP contribution in [0.2, 0.25) is 0 Å². The molecule has 1 aliphatic heterocycles. The lowest BCUT2D eigenvalue weighted by Gasteiger charge is -2.40. The van der Waals surface area contributed by atoms with Gasteiger partial charge in [-0.25, -0.2) is 4.79 Å². The fourth-order valence-electron chi connectivity index (χ4n) is 9.20. The fourth-order valence-corrected chi connectivity index (χ4v) is 9.20. The maximum Gasteiger partial charge on any atom is 0.335 e. The Labute approximate surface area is 456 Å². The average Bonchev–Trinajstić information content (AvgIpc) is 3.39. The molecule has 1 heterocycles. The summed E-state index contributed by atoms with van der Waals surface area (Å²) in [5, 5.41) is 31.5. The van der Waals surface area contributed by atoms with Crippen molar-refractivity contribution in [3.05, 3.63) is 48.6 Å². The fraction of sp³-hybridized carbons (Fsp3) is 0.810. The van der Waals surface area contributed by atoms with E-state index in [2.05, 4.69) is 69.4 Å². The van der Waals surface area contributed by atoms with Gasteiger partial charge in [-0.3, -0.25) is 14.4 Å². The quantitative estimate of drug-likeness (QED) is 0.0228. The molecular weight excluding hydrogens is 949 g/mol. The molecule has 1 rings (SSSR count). The van der Waals surface area contributed by atoms with Gasteiger partial charge in [0.2, 0.25) is 0 Å². The summed E-state index contributed by atoms with van der Waals surface area (Å²) in [6.07, 6.45) is 49.3. The van der Waals surface area contributed by atoms with Gasteiger partial charge in [0, 0.05) is 19.3 Å². The minimum Gasteiger partial charge on any atom is -0.479 e. The van der Waals surface area contributed by atoms with Crippen LogP contribution in [0.1, 0.15) is 278 Å². The Morgan fingerprint density at radius 2 is 0.840 bits per heavy atom. The second-order valence-electron chi connectivity index (χ2n) is 21.0. The predicted molar refractivity (Wildman–Crippen MR) is 303 cm³/mol. The molecule has 1 aliphatic rings. The Morgan fingerprint density at radius 3 is 1.31 bits per heavy atom. The first-order chi connectivity index (χ1) is 36.6. The standard InChI is InChI=1S/C63H110O12/c1-4-7-10-13-16-19-22-25-27-28-30-32-34-37-40-43-46-49-55(64)71-52-54(73-56(65)50-47-44-41-38-35-31-24-21-18-15-12-9-6-3)53-72-63-61(59(68)58(67)60(75-63)62(69)70)74-57(66)51-48-45-42-39-36-33-29-26-23-20-17-14-11-8-5-2/h8,11,17,20-21,24,26,29,54,58-61,63,67-68H,4-7,9-10,12-16,18-19,22-23,25,27-28,30-53H2,1-3H3,(H,69,70)/b11-8-,20-17-,24-21-,29-26-. The molecule has 0 aromatic rings. The van der Waals surface area contributed by atoms with Gasteiger partial charge in [-0.2, -0.15) is 0 Å². The number of hydrogen-bond acceptors (Lipinski definition) is 11. The lowest BCUT2D eigenvalue weighted by molar-refractivity contribution is -0.301. The molecule has 0 aromatic heterocycles. The SMILES string of the molecule is CC/C=C\C/C=C\C/C=C\CCCCCCCC(=O)OC1C(OCC(COC(=O)CCCCCCCCCCCCCCCCCCC)OC(=O)CCCCCCC/C=C\CCCCCC)OC(C(=O)O)C(O)C1O.